The Morgan fingerprint density at radius 1 is 1.73 bits per heavy atom. The number of hydrogen-bond acceptors (Lipinski definition) is 3. The molecule has 0 rings (SSSR count). The summed E-state index contributed by atoms with van der Waals surface area (Å²) in [7, 11) is 0. The van der Waals surface area contributed by atoms with Crippen LogP contribution in [0.4, 0.5) is 4.53 Å². The van der Waals surface area contributed by atoms with Crippen LogP contribution in [0.15, 0.2) is 12.2 Å². The maximum absolute atomic E-state index is 11.3. The third kappa shape index (κ3) is 2.90. The van der Waals surface area contributed by atoms with Gasteiger partial charge in [0.1, 0.15) is 5.25 Å². The van der Waals surface area contributed by atoms with Crippen LogP contribution in [0, 0.1) is 0 Å². The van der Waals surface area contributed by atoms with E-state index in [2.05, 4.69) is 11.0 Å². The molecule has 0 aliphatic carbocycles. The Labute approximate surface area is 66.8 Å². The van der Waals surface area contributed by atoms with Gasteiger partial charge in [-0.15, -0.1) is 0 Å². The zero-order chi connectivity index (χ0) is 9.02. The molecule has 11 heavy (non-hydrogen) atoms. The van der Waals surface area contributed by atoms with Crippen molar-refractivity contribution in [1.29, 1.82) is 0 Å². The number of halogens is 1. The van der Waals surface area contributed by atoms with Crippen molar-refractivity contribution in [3.05, 3.63) is 12.2 Å². The monoisotopic (exact) mass is 180 g/mol. The highest BCUT2D eigenvalue weighted by atomic mass is 32.2. The molecule has 0 aliphatic heterocycles. The van der Waals surface area contributed by atoms with Gasteiger partial charge in [-0.2, -0.15) is 0 Å². The molecule has 0 aromatic carbocycles. The van der Waals surface area contributed by atoms with Gasteiger partial charge in [0, 0.05) is 0 Å². The average molecular weight is 180 g/mol. The molecule has 0 aliphatic rings. The first kappa shape index (κ1) is 10.4. The first-order chi connectivity index (χ1) is 5.00. The smallest absolute Gasteiger partial charge is 0.203 e. The van der Waals surface area contributed by atoms with Gasteiger partial charge < -0.3 is 0 Å². The number of rotatable bonds is 4. The van der Waals surface area contributed by atoms with E-state index in [1.165, 1.54) is 13.8 Å². The summed E-state index contributed by atoms with van der Waals surface area (Å²) < 4.78 is 24.8. The highest BCUT2D eigenvalue weighted by molar-refractivity contribution is 7.81. The van der Waals surface area contributed by atoms with Gasteiger partial charge in [-0.3, -0.25) is 4.79 Å². The molecule has 0 N–H and O–H groups in total. The van der Waals surface area contributed by atoms with E-state index in [-0.39, 0.29) is 5.57 Å². The van der Waals surface area contributed by atoms with Gasteiger partial charge in [0.05, 0.1) is 0 Å². The zero-order valence-corrected chi connectivity index (χ0v) is 7.11. The lowest BCUT2D eigenvalue weighted by molar-refractivity contribution is -0.115. The second-order valence-corrected chi connectivity index (χ2v) is 3.46. The maximum Gasteiger partial charge on any atom is 0.203 e. The summed E-state index contributed by atoms with van der Waals surface area (Å²) >= 11 is -2.20. The lowest BCUT2D eigenvalue weighted by Gasteiger charge is -2.04. The van der Waals surface area contributed by atoms with Crippen molar-refractivity contribution in [2.75, 3.05) is 0 Å². The van der Waals surface area contributed by atoms with Crippen LogP contribution in [0.25, 0.3) is 0 Å². The van der Waals surface area contributed by atoms with Crippen LogP contribution in [-0.4, -0.2) is 15.2 Å². The Morgan fingerprint density at radius 2 is 2.18 bits per heavy atom. The van der Waals surface area contributed by atoms with Gasteiger partial charge in [0.15, 0.2) is 5.78 Å². The summed E-state index contributed by atoms with van der Waals surface area (Å²) in [6.45, 7) is 6.11. The van der Waals surface area contributed by atoms with Gasteiger partial charge in [-0.25, -0.2) is 4.21 Å². The van der Waals surface area contributed by atoms with E-state index >= 15 is 0 Å². The first-order valence-electron chi connectivity index (χ1n) is 2.90. The minimum Gasteiger partial charge on any atom is -0.293 e. The molecule has 0 radical (unpaired) electrons. The van der Waals surface area contributed by atoms with Gasteiger partial charge >= 0.3 is 0 Å². The van der Waals surface area contributed by atoms with Gasteiger partial charge in [0.2, 0.25) is 11.1 Å². The number of ketones is 1. The Bertz CT molecular complexity index is 202. The lowest BCUT2D eigenvalue weighted by Crippen LogP contribution is -2.22. The van der Waals surface area contributed by atoms with E-state index in [9.17, 15) is 13.5 Å². The molecule has 0 aromatic rings. The molecule has 0 bridgehead atoms. The molecule has 0 saturated carbocycles. The lowest BCUT2D eigenvalue weighted by atomic mass is 10.2. The Balaban J connectivity index is 4.25. The summed E-state index contributed by atoms with van der Waals surface area (Å²) in [6, 6.07) is 0. The molecule has 0 aromatic heterocycles. The topological polar surface area (TPSA) is 43.4 Å². The molecule has 0 fully saturated rings. The molecule has 0 saturated heterocycles. The van der Waals surface area contributed by atoms with Crippen LogP contribution in [-0.2, 0) is 20.3 Å². The molecule has 1 unspecified atom stereocenters. The fourth-order valence-corrected chi connectivity index (χ4v) is 0.974. The van der Waals surface area contributed by atoms with Crippen LogP contribution in [0.5, 0.6) is 0 Å². The second-order valence-electron chi connectivity index (χ2n) is 2.11. The summed E-state index contributed by atoms with van der Waals surface area (Å²) in [5, 5.41) is -0.988. The largest absolute Gasteiger partial charge is 0.293 e. The van der Waals surface area contributed by atoms with Crippen molar-refractivity contribution in [2.45, 2.75) is 19.1 Å². The second kappa shape index (κ2) is 4.35. The quantitative estimate of drug-likeness (QED) is 0.608. The molecule has 0 amide bonds. The van der Waals surface area contributed by atoms with E-state index in [0.29, 0.717) is 0 Å². The highest BCUT2D eigenvalue weighted by Crippen LogP contribution is 2.04. The molecule has 0 spiro atoms. The van der Waals surface area contributed by atoms with E-state index in [4.69, 9.17) is 0 Å². The highest BCUT2D eigenvalue weighted by Gasteiger charge is 2.21. The van der Waals surface area contributed by atoms with Crippen molar-refractivity contribution >= 4 is 16.9 Å². The van der Waals surface area contributed by atoms with Crippen molar-refractivity contribution in [3.8, 4) is 0 Å². The third-order valence-electron chi connectivity index (χ3n) is 1.14. The predicted molar refractivity (Wildman–Crippen MR) is 39.6 cm³/mol. The third-order valence-corrected chi connectivity index (χ3v) is 2.06. The number of Topliss-reactive ketones (excluding diaryl/α,β-unsaturated/α-hetero) is 1. The van der Waals surface area contributed by atoms with Crippen LogP contribution in [0.3, 0.4) is 0 Å². The number of carbonyl (C=O) groups excluding carboxylic acids is 1. The number of carbonyl (C=O) groups is 1. The zero-order valence-electron chi connectivity index (χ0n) is 6.30. The minimum atomic E-state index is -2.20. The summed E-state index contributed by atoms with van der Waals surface area (Å²) in [6.07, 6.45) is 0. The summed E-state index contributed by atoms with van der Waals surface area (Å²) in [5.41, 5.74) is 0.239. The minimum absolute atomic E-state index is 0.239. The number of allylic oxidation sites excluding steroid dienone is 1. The molecule has 3 nitrogen and oxygen atoms in total. The standard InChI is InChI=1S/C6H9FO3S/c1-4(2)6(8)5(3)11(9)10-7/h5H,1H2,2-3H3/t5-,11?/m0/s1. The Kier molecular flexibility index (Phi) is 4.14. The fraction of sp³-hybridized carbons (Fsp3) is 0.500. The van der Waals surface area contributed by atoms with Crippen LogP contribution < -0.4 is 0 Å². The van der Waals surface area contributed by atoms with Crippen LogP contribution in [0.1, 0.15) is 13.8 Å². The Morgan fingerprint density at radius 3 is 2.45 bits per heavy atom. The van der Waals surface area contributed by atoms with Crippen molar-refractivity contribution in [3.63, 3.8) is 0 Å². The van der Waals surface area contributed by atoms with E-state index in [1.807, 2.05) is 0 Å². The van der Waals surface area contributed by atoms with E-state index in [1.54, 1.807) is 0 Å². The predicted octanol–water partition coefficient (Wildman–Crippen LogP) is 1.08. The summed E-state index contributed by atoms with van der Waals surface area (Å²) in [4.78, 5) is 10.9. The van der Waals surface area contributed by atoms with Crippen LogP contribution in [0.2, 0.25) is 0 Å². The van der Waals surface area contributed by atoms with Crippen molar-refractivity contribution < 1.29 is 17.9 Å². The molecular weight excluding hydrogens is 171 g/mol. The first-order valence-corrected chi connectivity index (χ1v) is 4.04. The Hall–Kier alpha value is -0.550. The maximum atomic E-state index is 11.3. The average Bonchev–Trinajstić information content (AvgIpc) is 2.00. The fourth-order valence-electron chi connectivity index (χ4n) is 0.489. The van der Waals surface area contributed by atoms with Gasteiger partial charge in [0.25, 0.3) is 0 Å². The molecule has 5 heteroatoms. The number of hydrogen-bond donors (Lipinski definition) is 0. The van der Waals surface area contributed by atoms with Crippen LogP contribution >= 0.6 is 0 Å². The SMILES string of the molecule is C=C(C)C(=O)[C@H](C)S(=O)OF. The van der Waals surface area contributed by atoms with Crippen molar-refractivity contribution in [2.24, 2.45) is 0 Å². The molecular formula is C6H9FO3S. The summed E-state index contributed by atoms with van der Waals surface area (Å²) in [5.74, 6) is -0.457. The molecule has 64 valence electrons. The molecule has 0 heterocycles. The van der Waals surface area contributed by atoms with Gasteiger partial charge in [-0.1, -0.05) is 11.0 Å². The van der Waals surface area contributed by atoms with Gasteiger partial charge in [-0.05, 0) is 23.9 Å². The van der Waals surface area contributed by atoms with E-state index < -0.39 is 22.1 Å². The normalized spacial score (nSPS) is 15.5. The molecule has 2 atom stereocenters. The van der Waals surface area contributed by atoms with E-state index in [0.717, 1.165) is 0 Å². The van der Waals surface area contributed by atoms with Crippen molar-refractivity contribution in [1.82, 2.24) is 0 Å².